The van der Waals surface area contributed by atoms with Crippen LogP contribution in [0, 0.1) is 17.8 Å². The van der Waals surface area contributed by atoms with Gasteiger partial charge in [0.25, 0.3) is 0 Å². The predicted molar refractivity (Wildman–Crippen MR) is 77.6 cm³/mol. The Hall–Kier alpha value is -0.0400. The highest BCUT2D eigenvalue weighted by molar-refractivity contribution is 4.82. The molecule has 0 radical (unpaired) electrons. The Balaban J connectivity index is 1.80. The van der Waals surface area contributed by atoms with Crippen LogP contribution in [0.25, 0.3) is 0 Å². The highest BCUT2D eigenvalue weighted by atomic mass is 16.3. The van der Waals surface area contributed by atoms with E-state index < -0.39 is 0 Å². The van der Waals surface area contributed by atoms with Gasteiger partial charge in [-0.2, -0.15) is 0 Å². The molecule has 2 rings (SSSR count). The number of aliphatic hydroxyl groups is 1. The van der Waals surface area contributed by atoms with Crippen molar-refractivity contribution in [2.75, 3.05) is 0 Å². The SMILES string of the molecule is CCC1CCC(C(O)C2CCCCCCC2)CC1. The Morgan fingerprint density at radius 1 is 0.778 bits per heavy atom. The minimum absolute atomic E-state index is 0.0147. The first-order valence-electron chi connectivity index (χ1n) is 8.49. The van der Waals surface area contributed by atoms with Crippen molar-refractivity contribution in [1.29, 1.82) is 0 Å². The Labute approximate surface area is 113 Å². The minimum Gasteiger partial charge on any atom is -0.393 e. The summed E-state index contributed by atoms with van der Waals surface area (Å²) in [6, 6.07) is 0. The fraction of sp³-hybridized carbons (Fsp3) is 1.00. The van der Waals surface area contributed by atoms with E-state index in [1.165, 1.54) is 77.0 Å². The van der Waals surface area contributed by atoms with Crippen LogP contribution in [0.3, 0.4) is 0 Å². The van der Waals surface area contributed by atoms with Gasteiger partial charge in [0.2, 0.25) is 0 Å². The summed E-state index contributed by atoms with van der Waals surface area (Å²) in [7, 11) is 0. The van der Waals surface area contributed by atoms with E-state index in [1.54, 1.807) is 0 Å². The average Bonchev–Trinajstić information content (AvgIpc) is 2.38. The molecule has 0 aliphatic heterocycles. The van der Waals surface area contributed by atoms with E-state index in [0.717, 1.165) is 5.92 Å². The number of rotatable bonds is 3. The van der Waals surface area contributed by atoms with Crippen molar-refractivity contribution >= 4 is 0 Å². The van der Waals surface area contributed by atoms with Crippen LogP contribution >= 0.6 is 0 Å². The first-order valence-corrected chi connectivity index (χ1v) is 8.49. The maximum Gasteiger partial charge on any atom is 0.0596 e. The predicted octanol–water partition coefficient (Wildman–Crippen LogP) is 4.92. The van der Waals surface area contributed by atoms with Crippen molar-refractivity contribution in [3.63, 3.8) is 0 Å². The molecule has 0 bridgehead atoms. The van der Waals surface area contributed by atoms with Gasteiger partial charge in [-0.05, 0) is 43.4 Å². The van der Waals surface area contributed by atoms with Crippen LogP contribution in [0.4, 0.5) is 0 Å². The smallest absolute Gasteiger partial charge is 0.0596 e. The van der Waals surface area contributed by atoms with Crippen LogP contribution in [0.2, 0.25) is 0 Å². The third kappa shape index (κ3) is 3.98. The molecule has 1 heteroatoms. The van der Waals surface area contributed by atoms with Crippen LogP contribution in [-0.4, -0.2) is 11.2 Å². The van der Waals surface area contributed by atoms with E-state index >= 15 is 0 Å². The van der Waals surface area contributed by atoms with Crippen LogP contribution < -0.4 is 0 Å². The zero-order valence-electron chi connectivity index (χ0n) is 12.2. The van der Waals surface area contributed by atoms with Gasteiger partial charge in [0.15, 0.2) is 0 Å². The highest BCUT2D eigenvalue weighted by Crippen LogP contribution is 2.37. The van der Waals surface area contributed by atoms with Gasteiger partial charge in [0.1, 0.15) is 0 Å². The molecule has 0 spiro atoms. The lowest BCUT2D eigenvalue weighted by atomic mass is 9.73. The zero-order chi connectivity index (χ0) is 12.8. The van der Waals surface area contributed by atoms with Gasteiger partial charge < -0.3 is 5.11 Å². The lowest BCUT2D eigenvalue weighted by molar-refractivity contribution is 0.0160. The number of hydrogen-bond donors (Lipinski definition) is 1. The Kier molecular flexibility index (Phi) is 6.01. The summed E-state index contributed by atoms with van der Waals surface area (Å²) in [4.78, 5) is 0. The van der Waals surface area contributed by atoms with E-state index in [1.807, 2.05) is 0 Å². The summed E-state index contributed by atoms with van der Waals surface area (Å²) in [6.07, 6.45) is 16.2. The Morgan fingerprint density at radius 2 is 1.28 bits per heavy atom. The minimum atomic E-state index is 0.0147. The molecule has 1 atom stereocenters. The molecule has 0 aromatic carbocycles. The van der Waals surface area contributed by atoms with Gasteiger partial charge in [-0.25, -0.2) is 0 Å². The maximum atomic E-state index is 10.7. The number of hydrogen-bond acceptors (Lipinski definition) is 1. The lowest BCUT2D eigenvalue weighted by Crippen LogP contribution is -2.32. The van der Waals surface area contributed by atoms with Crippen molar-refractivity contribution in [2.24, 2.45) is 17.8 Å². The Bertz CT molecular complexity index is 210. The topological polar surface area (TPSA) is 20.2 Å². The lowest BCUT2D eigenvalue weighted by Gasteiger charge is -2.35. The average molecular weight is 252 g/mol. The van der Waals surface area contributed by atoms with Crippen molar-refractivity contribution < 1.29 is 5.11 Å². The summed E-state index contributed by atoms with van der Waals surface area (Å²) >= 11 is 0. The molecule has 0 amide bonds. The molecule has 106 valence electrons. The van der Waals surface area contributed by atoms with Gasteiger partial charge >= 0.3 is 0 Å². The first-order chi connectivity index (χ1) is 8.81. The van der Waals surface area contributed by atoms with E-state index in [2.05, 4.69) is 6.92 Å². The Morgan fingerprint density at radius 3 is 1.83 bits per heavy atom. The second-order valence-corrected chi connectivity index (χ2v) is 6.78. The monoisotopic (exact) mass is 252 g/mol. The molecule has 1 unspecified atom stereocenters. The fourth-order valence-electron chi connectivity index (χ4n) is 4.15. The zero-order valence-corrected chi connectivity index (χ0v) is 12.2. The van der Waals surface area contributed by atoms with Gasteiger partial charge in [-0.15, -0.1) is 0 Å². The second-order valence-electron chi connectivity index (χ2n) is 6.78. The molecule has 2 aliphatic carbocycles. The largest absolute Gasteiger partial charge is 0.393 e. The summed E-state index contributed by atoms with van der Waals surface area (Å²) in [5, 5.41) is 10.7. The molecule has 0 aromatic rings. The normalized spacial score (nSPS) is 33.7. The van der Waals surface area contributed by atoms with E-state index in [4.69, 9.17) is 0 Å². The molecule has 2 aliphatic rings. The van der Waals surface area contributed by atoms with Gasteiger partial charge in [-0.1, -0.05) is 58.3 Å². The van der Waals surface area contributed by atoms with E-state index in [0.29, 0.717) is 11.8 Å². The standard InChI is InChI=1S/C17H32O/c1-2-14-10-12-16(13-11-14)17(18)15-8-6-4-3-5-7-9-15/h14-18H,2-13H2,1H3. The quantitative estimate of drug-likeness (QED) is 0.755. The number of aliphatic hydroxyl groups excluding tert-OH is 1. The van der Waals surface area contributed by atoms with E-state index in [9.17, 15) is 5.11 Å². The molecule has 1 nitrogen and oxygen atoms in total. The molecule has 0 aromatic heterocycles. The third-order valence-electron chi connectivity index (χ3n) is 5.58. The summed E-state index contributed by atoms with van der Waals surface area (Å²) in [6.45, 7) is 2.32. The summed E-state index contributed by atoms with van der Waals surface area (Å²) < 4.78 is 0. The van der Waals surface area contributed by atoms with Crippen molar-refractivity contribution in [2.45, 2.75) is 90.1 Å². The van der Waals surface area contributed by atoms with Crippen molar-refractivity contribution in [1.82, 2.24) is 0 Å². The molecular weight excluding hydrogens is 220 g/mol. The summed E-state index contributed by atoms with van der Waals surface area (Å²) in [5.41, 5.74) is 0. The van der Waals surface area contributed by atoms with Gasteiger partial charge in [0, 0.05) is 0 Å². The summed E-state index contributed by atoms with van der Waals surface area (Å²) in [5.74, 6) is 2.19. The van der Waals surface area contributed by atoms with Gasteiger partial charge in [-0.3, -0.25) is 0 Å². The molecule has 2 fully saturated rings. The third-order valence-corrected chi connectivity index (χ3v) is 5.58. The van der Waals surface area contributed by atoms with Crippen molar-refractivity contribution in [3.8, 4) is 0 Å². The van der Waals surface area contributed by atoms with Gasteiger partial charge in [0.05, 0.1) is 6.10 Å². The van der Waals surface area contributed by atoms with Crippen LogP contribution in [0.1, 0.15) is 84.0 Å². The van der Waals surface area contributed by atoms with Crippen LogP contribution in [-0.2, 0) is 0 Å². The first kappa shape index (κ1) is 14.4. The molecular formula is C17H32O. The highest BCUT2D eigenvalue weighted by Gasteiger charge is 2.30. The molecule has 1 N–H and O–H groups in total. The van der Waals surface area contributed by atoms with Crippen molar-refractivity contribution in [3.05, 3.63) is 0 Å². The second kappa shape index (κ2) is 7.53. The molecule has 2 saturated carbocycles. The fourth-order valence-corrected chi connectivity index (χ4v) is 4.15. The molecule has 18 heavy (non-hydrogen) atoms. The molecule has 0 saturated heterocycles. The van der Waals surface area contributed by atoms with Crippen LogP contribution in [0.5, 0.6) is 0 Å². The van der Waals surface area contributed by atoms with E-state index in [-0.39, 0.29) is 6.10 Å². The molecule has 0 heterocycles. The van der Waals surface area contributed by atoms with Crippen LogP contribution in [0.15, 0.2) is 0 Å². The maximum absolute atomic E-state index is 10.7.